The summed E-state index contributed by atoms with van der Waals surface area (Å²) in [6.45, 7) is 2.60. The van der Waals surface area contributed by atoms with E-state index in [-0.39, 0.29) is 6.04 Å². The average molecular weight is 304 g/mol. The number of hydrogen-bond donors (Lipinski definition) is 2. The van der Waals surface area contributed by atoms with Gasteiger partial charge in [-0.15, -0.1) is 0 Å². The van der Waals surface area contributed by atoms with E-state index in [0.717, 1.165) is 43.2 Å². The molecule has 2 atom stereocenters. The van der Waals surface area contributed by atoms with Crippen LogP contribution in [0.25, 0.3) is 0 Å². The molecule has 19 heavy (non-hydrogen) atoms. The molecule has 0 aromatic carbocycles. The Hall–Kier alpha value is -0.730. The SMILES string of the molecule is Cc1nsc(NCC2CCCCC2NS(C)(=O)=O)n1. The fourth-order valence-electron chi connectivity index (χ4n) is 2.47. The Morgan fingerprint density at radius 1 is 1.37 bits per heavy atom. The van der Waals surface area contributed by atoms with Crippen molar-refractivity contribution >= 4 is 26.7 Å². The number of aromatic nitrogens is 2. The molecule has 1 fully saturated rings. The third-order valence-corrected chi connectivity index (χ3v) is 4.81. The van der Waals surface area contributed by atoms with Crippen LogP contribution in [0.15, 0.2) is 0 Å². The first kappa shape index (κ1) is 14.7. The molecular formula is C11H20N4O2S2. The molecule has 0 bridgehead atoms. The Labute approximate surface area is 118 Å². The zero-order valence-corrected chi connectivity index (χ0v) is 12.9. The molecule has 0 saturated heterocycles. The Bertz CT molecular complexity index is 515. The first-order chi connectivity index (χ1) is 8.94. The van der Waals surface area contributed by atoms with Gasteiger partial charge in [0.2, 0.25) is 15.2 Å². The summed E-state index contributed by atoms with van der Waals surface area (Å²) in [5, 5.41) is 4.07. The van der Waals surface area contributed by atoms with E-state index in [0.29, 0.717) is 5.92 Å². The van der Waals surface area contributed by atoms with Crippen molar-refractivity contribution in [3.8, 4) is 0 Å². The summed E-state index contributed by atoms with van der Waals surface area (Å²) in [4.78, 5) is 4.25. The van der Waals surface area contributed by atoms with E-state index in [1.165, 1.54) is 17.8 Å². The summed E-state index contributed by atoms with van der Waals surface area (Å²) >= 11 is 1.34. The summed E-state index contributed by atoms with van der Waals surface area (Å²) in [6.07, 6.45) is 5.41. The molecule has 6 nitrogen and oxygen atoms in total. The van der Waals surface area contributed by atoms with Gasteiger partial charge in [-0.3, -0.25) is 0 Å². The predicted octanol–water partition coefficient (Wildman–Crippen LogP) is 1.37. The highest BCUT2D eigenvalue weighted by Gasteiger charge is 2.27. The summed E-state index contributed by atoms with van der Waals surface area (Å²) in [7, 11) is -3.14. The molecule has 1 saturated carbocycles. The Morgan fingerprint density at radius 3 is 2.74 bits per heavy atom. The van der Waals surface area contributed by atoms with E-state index in [4.69, 9.17) is 0 Å². The molecule has 1 aliphatic rings. The molecule has 2 rings (SSSR count). The van der Waals surface area contributed by atoms with E-state index in [1.807, 2.05) is 6.92 Å². The van der Waals surface area contributed by atoms with Gasteiger partial charge in [0.25, 0.3) is 0 Å². The minimum Gasteiger partial charge on any atom is -0.360 e. The molecule has 0 radical (unpaired) electrons. The second-order valence-corrected chi connectivity index (χ2v) is 7.60. The number of nitrogens with zero attached hydrogens (tertiary/aromatic N) is 2. The Balaban J connectivity index is 1.92. The van der Waals surface area contributed by atoms with Gasteiger partial charge in [0.15, 0.2) is 0 Å². The lowest BCUT2D eigenvalue weighted by molar-refractivity contribution is 0.302. The summed E-state index contributed by atoms with van der Waals surface area (Å²) in [5.74, 6) is 1.08. The smallest absolute Gasteiger partial charge is 0.208 e. The molecule has 0 amide bonds. The van der Waals surface area contributed by atoms with E-state index in [2.05, 4.69) is 19.4 Å². The van der Waals surface area contributed by atoms with Crippen molar-refractivity contribution in [2.24, 2.45) is 5.92 Å². The first-order valence-corrected chi connectivity index (χ1v) is 9.12. The Morgan fingerprint density at radius 2 is 2.11 bits per heavy atom. The van der Waals surface area contributed by atoms with Crippen molar-refractivity contribution in [2.45, 2.75) is 38.6 Å². The zero-order valence-electron chi connectivity index (χ0n) is 11.2. The van der Waals surface area contributed by atoms with Crippen molar-refractivity contribution in [3.63, 3.8) is 0 Å². The molecule has 0 spiro atoms. The molecule has 1 aromatic heterocycles. The van der Waals surface area contributed by atoms with Crippen LogP contribution in [-0.4, -0.2) is 36.6 Å². The maximum atomic E-state index is 11.4. The molecule has 2 unspecified atom stereocenters. The fourth-order valence-corrected chi connectivity index (χ4v) is 3.91. The second-order valence-electron chi connectivity index (χ2n) is 5.07. The molecule has 1 heterocycles. The van der Waals surface area contributed by atoms with Gasteiger partial charge in [0, 0.05) is 24.1 Å². The van der Waals surface area contributed by atoms with Crippen LogP contribution < -0.4 is 10.0 Å². The maximum Gasteiger partial charge on any atom is 0.208 e. The van der Waals surface area contributed by atoms with Crippen molar-refractivity contribution in [3.05, 3.63) is 5.82 Å². The van der Waals surface area contributed by atoms with E-state index in [9.17, 15) is 8.42 Å². The highest BCUT2D eigenvalue weighted by molar-refractivity contribution is 7.88. The van der Waals surface area contributed by atoms with Gasteiger partial charge < -0.3 is 5.32 Å². The largest absolute Gasteiger partial charge is 0.360 e. The lowest BCUT2D eigenvalue weighted by atomic mass is 9.85. The quantitative estimate of drug-likeness (QED) is 0.858. The van der Waals surface area contributed by atoms with Crippen molar-refractivity contribution in [1.29, 1.82) is 0 Å². The fraction of sp³-hybridized carbons (Fsp3) is 0.818. The zero-order chi connectivity index (χ0) is 13.9. The average Bonchev–Trinajstić information content (AvgIpc) is 2.72. The van der Waals surface area contributed by atoms with E-state index >= 15 is 0 Å². The van der Waals surface area contributed by atoms with Gasteiger partial charge in [-0.05, 0) is 25.7 Å². The van der Waals surface area contributed by atoms with Gasteiger partial charge in [-0.25, -0.2) is 18.1 Å². The number of hydrogen-bond acceptors (Lipinski definition) is 6. The van der Waals surface area contributed by atoms with Crippen LogP contribution in [0.3, 0.4) is 0 Å². The lowest BCUT2D eigenvalue weighted by Gasteiger charge is -2.31. The normalized spacial score (nSPS) is 24.3. The van der Waals surface area contributed by atoms with Gasteiger partial charge in [-0.1, -0.05) is 12.8 Å². The second kappa shape index (κ2) is 6.15. The molecule has 8 heteroatoms. The van der Waals surface area contributed by atoms with Crippen LogP contribution in [0.2, 0.25) is 0 Å². The summed E-state index contributed by atoms with van der Waals surface area (Å²) in [5.41, 5.74) is 0. The number of aryl methyl sites for hydroxylation is 1. The van der Waals surface area contributed by atoms with E-state index < -0.39 is 10.0 Å². The van der Waals surface area contributed by atoms with Crippen molar-refractivity contribution < 1.29 is 8.42 Å². The van der Waals surface area contributed by atoms with Crippen LogP contribution in [-0.2, 0) is 10.0 Å². The maximum absolute atomic E-state index is 11.4. The molecule has 108 valence electrons. The lowest BCUT2D eigenvalue weighted by Crippen LogP contribution is -2.43. The minimum absolute atomic E-state index is 0.0327. The van der Waals surface area contributed by atoms with Crippen molar-refractivity contribution in [2.75, 3.05) is 18.1 Å². The summed E-state index contributed by atoms with van der Waals surface area (Å²) < 4.78 is 29.6. The minimum atomic E-state index is -3.14. The van der Waals surface area contributed by atoms with Gasteiger partial charge in [0.1, 0.15) is 5.82 Å². The molecule has 0 aliphatic heterocycles. The van der Waals surface area contributed by atoms with Gasteiger partial charge in [0.05, 0.1) is 6.26 Å². The highest BCUT2D eigenvalue weighted by Crippen LogP contribution is 2.25. The summed E-state index contributed by atoms with van der Waals surface area (Å²) in [6, 6.07) is 0.0327. The molecule has 2 N–H and O–H groups in total. The van der Waals surface area contributed by atoms with E-state index in [1.54, 1.807) is 0 Å². The molecule has 1 aromatic rings. The Kier molecular flexibility index (Phi) is 4.75. The van der Waals surface area contributed by atoms with Crippen LogP contribution in [0.1, 0.15) is 31.5 Å². The number of sulfonamides is 1. The van der Waals surface area contributed by atoms with Crippen LogP contribution >= 0.6 is 11.5 Å². The third-order valence-electron chi connectivity index (χ3n) is 3.32. The van der Waals surface area contributed by atoms with Crippen LogP contribution in [0.5, 0.6) is 0 Å². The first-order valence-electron chi connectivity index (χ1n) is 6.45. The van der Waals surface area contributed by atoms with Gasteiger partial charge in [-0.2, -0.15) is 4.37 Å². The van der Waals surface area contributed by atoms with Gasteiger partial charge >= 0.3 is 0 Å². The van der Waals surface area contributed by atoms with Crippen LogP contribution in [0.4, 0.5) is 5.13 Å². The number of anilines is 1. The van der Waals surface area contributed by atoms with Crippen molar-refractivity contribution in [1.82, 2.24) is 14.1 Å². The monoisotopic (exact) mass is 304 g/mol. The highest BCUT2D eigenvalue weighted by atomic mass is 32.2. The third kappa shape index (κ3) is 4.70. The number of nitrogens with one attached hydrogen (secondary N) is 2. The number of rotatable bonds is 5. The standard InChI is InChI=1S/C11H20N4O2S2/c1-8-13-11(18-14-8)12-7-9-5-3-4-6-10(9)15-19(2,16)17/h9-10,15H,3-7H2,1-2H3,(H,12,13,14). The molecular weight excluding hydrogens is 284 g/mol. The topological polar surface area (TPSA) is 84.0 Å². The predicted molar refractivity (Wildman–Crippen MR) is 76.9 cm³/mol. The molecule has 1 aliphatic carbocycles. The van der Waals surface area contributed by atoms with Crippen LogP contribution in [0, 0.1) is 12.8 Å².